The number of rotatable bonds is 7. The number of nitrogens with one attached hydrogen (secondary N) is 1. The Morgan fingerprint density at radius 2 is 2.03 bits per heavy atom. The lowest BCUT2D eigenvalue weighted by Gasteiger charge is -2.20. The number of pyridine rings is 1. The molecule has 1 atom stereocenters. The Morgan fingerprint density at radius 1 is 1.23 bits per heavy atom. The van der Waals surface area contributed by atoms with Crippen molar-refractivity contribution in [2.24, 2.45) is 5.92 Å². The van der Waals surface area contributed by atoms with Crippen LogP contribution in [0.25, 0.3) is 11.3 Å². The van der Waals surface area contributed by atoms with Crippen molar-refractivity contribution in [2.45, 2.75) is 13.0 Å². The van der Waals surface area contributed by atoms with Crippen LogP contribution in [0, 0.1) is 5.92 Å². The van der Waals surface area contributed by atoms with Gasteiger partial charge < -0.3 is 19.7 Å². The summed E-state index contributed by atoms with van der Waals surface area (Å²) in [7, 11) is 3.11. The van der Waals surface area contributed by atoms with Crippen molar-refractivity contribution in [3.63, 3.8) is 0 Å². The minimum absolute atomic E-state index is 0.124. The first-order valence-electron chi connectivity index (χ1n) is 9.74. The van der Waals surface area contributed by atoms with Gasteiger partial charge in [-0.3, -0.25) is 14.6 Å². The summed E-state index contributed by atoms with van der Waals surface area (Å²) < 4.78 is 10.6. The van der Waals surface area contributed by atoms with Crippen LogP contribution in [-0.4, -0.2) is 42.5 Å². The van der Waals surface area contributed by atoms with Crippen LogP contribution in [0.2, 0.25) is 0 Å². The quantitative estimate of drug-likeness (QED) is 0.610. The van der Waals surface area contributed by atoms with Crippen molar-refractivity contribution in [3.8, 4) is 22.8 Å². The zero-order chi connectivity index (χ0) is 21.8. The normalized spacial score (nSPS) is 15.7. The molecule has 1 saturated heterocycles. The van der Waals surface area contributed by atoms with Gasteiger partial charge in [-0.1, -0.05) is 0 Å². The SMILES string of the molecule is COc1ccc(OC)c(N2CC(C(=O)NCc3nc(-c4ccncc4)cs3)CC2=O)c1. The van der Waals surface area contributed by atoms with Crippen LogP contribution in [0.5, 0.6) is 11.5 Å². The molecule has 3 heterocycles. The largest absolute Gasteiger partial charge is 0.497 e. The van der Waals surface area contributed by atoms with Crippen LogP contribution in [0.1, 0.15) is 11.4 Å². The van der Waals surface area contributed by atoms with Gasteiger partial charge in [-0.15, -0.1) is 11.3 Å². The fourth-order valence-electron chi connectivity index (χ4n) is 3.48. The molecule has 2 aromatic heterocycles. The molecule has 0 bridgehead atoms. The van der Waals surface area contributed by atoms with Gasteiger partial charge in [-0.25, -0.2) is 4.98 Å². The first-order chi connectivity index (χ1) is 15.1. The highest BCUT2D eigenvalue weighted by atomic mass is 32.1. The lowest BCUT2D eigenvalue weighted by atomic mass is 10.1. The van der Waals surface area contributed by atoms with Crippen molar-refractivity contribution < 1.29 is 19.1 Å². The predicted molar refractivity (Wildman–Crippen MR) is 117 cm³/mol. The zero-order valence-electron chi connectivity index (χ0n) is 17.2. The van der Waals surface area contributed by atoms with Crippen LogP contribution >= 0.6 is 11.3 Å². The van der Waals surface area contributed by atoms with Crippen LogP contribution in [0.4, 0.5) is 5.69 Å². The summed E-state index contributed by atoms with van der Waals surface area (Å²) in [5, 5.41) is 5.66. The molecule has 1 aliphatic rings. The molecular weight excluding hydrogens is 416 g/mol. The molecule has 4 rings (SSSR count). The Hall–Kier alpha value is -3.46. The number of amides is 2. The van der Waals surface area contributed by atoms with E-state index in [1.807, 2.05) is 17.5 Å². The van der Waals surface area contributed by atoms with E-state index in [4.69, 9.17) is 9.47 Å². The summed E-state index contributed by atoms with van der Waals surface area (Å²) in [5.74, 6) is 0.439. The minimum Gasteiger partial charge on any atom is -0.497 e. The van der Waals surface area contributed by atoms with Gasteiger partial charge in [0.1, 0.15) is 16.5 Å². The van der Waals surface area contributed by atoms with Gasteiger partial charge >= 0.3 is 0 Å². The van der Waals surface area contributed by atoms with Crippen molar-refractivity contribution in [1.29, 1.82) is 0 Å². The molecule has 2 amide bonds. The summed E-state index contributed by atoms with van der Waals surface area (Å²) in [5.41, 5.74) is 2.43. The monoisotopic (exact) mass is 438 g/mol. The van der Waals surface area contributed by atoms with Gasteiger partial charge in [0.2, 0.25) is 11.8 Å². The molecule has 0 radical (unpaired) electrons. The van der Waals surface area contributed by atoms with E-state index < -0.39 is 5.92 Å². The van der Waals surface area contributed by atoms with E-state index in [1.54, 1.807) is 49.7 Å². The van der Waals surface area contributed by atoms with Crippen molar-refractivity contribution in [1.82, 2.24) is 15.3 Å². The number of hydrogen-bond acceptors (Lipinski definition) is 7. The van der Waals surface area contributed by atoms with Crippen molar-refractivity contribution >= 4 is 28.8 Å². The van der Waals surface area contributed by atoms with E-state index in [1.165, 1.54) is 11.3 Å². The standard InChI is InChI=1S/C22H22N4O4S/c1-29-16-3-4-19(30-2)18(10-16)26-12-15(9-21(26)27)22(28)24-11-20-25-17(13-31-20)14-5-7-23-8-6-14/h3-8,10,13,15H,9,11-12H2,1-2H3,(H,24,28). The molecule has 1 aromatic carbocycles. The topological polar surface area (TPSA) is 93.7 Å². The molecule has 1 fully saturated rings. The number of methoxy groups -OCH3 is 2. The summed E-state index contributed by atoms with van der Waals surface area (Å²) in [4.78, 5) is 35.5. The number of aromatic nitrogens is 2. The lowest BCUT2D eigenvalue weighted by molar-refractivity contribution is -0.126. The van der Waals surface area contributed by atoms with E-state index in [0.717, 1.165) is 16.3 Å². The molecule has 160 valence electrons. The third-order valence-electron chi connectivity index (χ3n) is 5.11. The molecule has 0 aliphatic carbocycles. The Kier molecular flexibility index (Phi) is 6.13. The maximum Gasteiger partial charge on any atom is 0.227 e. The van der Waals surface area contributed by atoms with Gasteiger partial charge in [-0.05, 0) is 24.3 Å². The Balaban J connectivity index is 1.40. The molecular formula is C22H22N4O4S. The number of hydrogen-bond donors (Lipinski definition) is 1. The van der Waals surface area contributed by atoms with Crippen molar-refractivity contribution in [3.05, 3.63) is 53.1 Å². The Morgan fingerprint density at radius 3 is 2.77 bits per heavy atom. The molecule has 8 nitrogen and oxygen atoms in total. The highest BCUT2D eigenvalue weighted by Crippen LogP contribution is 2.36. The van der Waals surface area contributed by atoms with E-state index in [-0.39, 0.29) is 24.8 Å². The van der Waals surface area contributed by atoms with Gasteiger partial charge in [0.25, 0.3) is 0 Å². The van der Waals surface area contributed by atoms with Gasteiger partial charge in [-0.2, -0.15) is 0 Å². The fraction of sp³-hybridized carbons (Fsp3) is 0.273. The highest BCUT2D eigenvalue weighted by Gasteiger charge is 2.36. The van der Waals surface area contributed by atoms with Crippen LogP contribution in [-0.2, 0) is 16.1 Å². The van der Waals surface area contributed by atoms with Crippen LogP contribution in [0.3, 0.4) is 0 Å². The number of benzene rings is 1. The summed E-state index contributed by atoms with van der Waals surface area (Å²) >= 11 is 1.48. The summed E-state index contributed by atoms with van der Waals surface area (Å²) in [6, 6.07) is 9.04. The molecule has 9 heteroatoms. The maximum atomic E-state index is 12.7. The molecule has 0 saturated carbocycles. The molecule has 1 N–H and O–H groups in total. The number of anilines is 1. The third-order valence-corrected chi connectivity index (χ3v) is 5.96. The molecule has 0 spiro atoms. The first kappa shape index (κ1) is 20.8. The second-order valence-electron chi connectivity index (χ2n) is 7.02. The van der Waals surface area contributed by atoms with Crippen molar-refractivity contribution in [2.75, 3.05) is 25.7 Å². The second kappa shape index (κ2) is 9.13. The molecule has 1 unspecified atom stereocenters. The molecule has 1 aliphatic heterocycles. The van der Waals surface area contributed by atoms with E-state index in [9.17, 15) is 9.59 Å². The average Bonchev–Trinajstić information content (AvgIpc) is 3.44. The number of carbonyl (C=O) groups excluding carboxylic acids is 2. The number of ether oxygens (including phenoxy) is 2. The fourth-order valence-corrected chi connectivity index (χ4v) is 4.22. The van der Waals surface area contributed by atoms with E-state index >= 15 is 0 Å². The van der Waals surface area contributed by atoms with Gasteiger partial charge in [0, 0.05) is 42.4 Å². The summed E-state index contributed by atoms with van der Waals surface area (Å²) in [6.45, 7) is 0.607. The average molecular weight is 439 g/mol. The predicted octanol–water partition coefficient (Wildman–Crippen LogP) is 2.89. The molecule has 31 heavy (non-hydrogen) atoms. The smallest absolute Gasteiger partial charge is 0.227 e. The van der Waals surface area contributed by atoms with Gasteiger partial charge in [0.05, 0.1) is 38.1 Å². The number of nitrogens with zero attached hydrogens (tertiary/aromatic N) is 3. The Labute approximate surface area is 183 Å². The number of carbonyl (C=O) groups is 2. The second-order valence-corrected chi connectivity index (χ2v) is 7.97. The first-order valence-corrected chi connectivity index (χ1v) is 10.6. The number of thiazole rings is 1. The molecule has 3 aromatic rings. The van der Waals surface area contributed by atoms with E-state index in [2.05, 4.69) is 15.3 Å². The minimum atomic E-state index is -0.442. The van der Waals surface area contributed by atoms with E-state index in [0.29, 0.717) is 23.7 Å². The lowest BCUT2D eigenvalue weighted by Crippen LogP contribution is -2.32. The Bertz CT molecular complexity index is 1090. The summed E-state index contributed by atoms with van der Waals surface area (Å²) in [6.07, 6.45) is 3.58. The third kappa shape index (κ3) is 4.51. The van der Waals surface area contributed by atoms with Crippen LogP contribution < -0.4 is 19.7 Å². The van der Waals surface area contributed by atoms with Gasteiger partial charge in [0.15, 0.2) is 0 Å². The van der Waals surface area contributed by atoms with Crippen LogP contribution in [0.15, 0.2) is 48.1 Å². The zero-order valence-corrected chi connectivity index (χ0v) is 18.0. The maximum absolute atomic E-state index is 12.7. The highest BCUT2D eigenvalue weighted by molar-refractivity contribution is 7.09.